The maximum absolute atomic E-state index is 4.48. The monoisotopic (exact) mass is 317 g/mol. The molecule has 1 fully saturated rings. The van der Waals surface area contributed by atoms with E-state index < -0.39 is 0 Å². The summed E-state index contributed by atoms with van der Waals surface area (Å²) in [6.45, 7) is 5.98. The lowest BCUT2D eigenvalue weighted by Crippen LogP contribution is -2.35. The summed E-state index contributed by atoms with van der Waals surface area (Å²) in [5.41, 5.74) is 2.32. The SMILES string of the molecule is Cc1[nH]cnc1CN1CCCC(c2nnc(CN(C)C)n2C)C1. The maximum atomic E-state index is 4.48. The van der Waals surface area contributed by atoms with Crippen molar-refractivity contribution >= 4 is 0 Å². The first-order chi connectivity index (χ1) is 11.0. The van der Waals surface area contributed by atoms with Crippen molar-refractivity contribution in [3.63, 3.8) is 0 Å². The van der Waals surface area contributed by atoms with Crippen LogP contribution in [0.1, 0.15) is 41.8 Å². The number of nitrogens with zero attached hydrogens (tertiary/aromatic N) is 6. The van der Waals surface area contributed by atoms with Crippen molar-refractivity contribution in [2.24, 2.45) is 7.05 Å². The quantitative estimate of drug-likeness (QED) is 0.900. The van der Waals surface area contributed by atoms with Crippen LogP contribution >= 0.6 is 0 Å². The summed E-state index contributed by atoms with van der Waals surface area (Å²) < 4.78 is 2.17. The zero-order chi connectivity index (χ0) is 16.4. The van der Waals surface area contributed by atoms with Crippen molar-refractivity contribution in [1.29, 1.82) is 0 Å². The van der Waals surface area contributed by atoms with Crippen LogP contribution in [-0.2, 0) is 20.1 Å². The van der Waals surface area contributed by atoms with Crippen LogP contribution in [0.15, 0.2) is 6.33 Å². The number of aromatic amines is 1. The number of nitrogens with one attached hydrogen (secondary N) is 1. The summed E-state index contributed by atoms with van der Waals surface area (Å²) in [5.74, 6) is 2.60. The molecule has 126 valence electrons. The summed E-state index contributed by atoms with van der Waals surface area (Å²) in [7, 11) is 6.21. The Morgan fingerprint density at radius 3 is 2.87 bits per heavy atom. The minimum Gasteiger partial charge on any atom is -0.348 e. The van der Waals surface area contributed by atoms with Crippen LogP contribution < -0.4 is 0 Å². The topological polar surface area (TPSA) is 65.9 Å². The molecule has 23 heavy (non-hydrogen) atoms. The van der Waals surface area contributed by atoms with Crippen LogP contribution in [0.3, 0.4) is 0 Å². The molecule has 1 N–H and O–H groups in total. The van der Waals surface area contributed by atoms with Gasteiger partial charge in [-0.25, -0.2) is 4.98 Å². The number of hydrogen-bond donors (Lipinski definition) is 1. The fourth-order valence-corrected chi connectivity index (χ4v) is 3.32. The van der Waals surface area contributed by atoms with Crippen molar-refractivity contribution < 1.29 is 0 Å². The maximum Gasteiger partial charge on any atom is 0.146 e. The number of aryl methyl sites for hydroxylation is 1. The predicted octanol–water partition coefficient (Wildman–Crippen LogP) is 1.29. The van der Waals surface area contributed by atoms with Crippen molar-refractivity contribution in [2.45, 2.75) is 38.8 Å². The number of hydrogen-bond acceptors (Lipinski definition) is 5. The Hall–Kier alpha value is -1.73. The second-order valence-electron chi connectivity index (χ2n) is 6.82. The fourth-order valence-electron chi connectivity index (χ4n) is 3.32. The molecule has 7 nitrogen and oxygen atoms in total. The molecule has 2 aromatic rings. The summed E-state index contributed by atoms with van der Waals surface area (Å²) in [5, 5.41) is 8.86. The predicted molar refractivity (Wildman–Crippen MR) is 89.0 cm³/mol. The first kappa shape index (κ1) is 16.1. The summed E-state index contributed by atoms with van der Waals surface area (Å²) in [6.07, 6.45) is 4.16. The largest absolute Gasteiger partial charge is 0.348 e. The molecule has 0 aromatic carbocycles. The highest BCUT2D eigenvalue weighted by Gasteiger charge is 2.26. The lowest BCUT2D eigenvalue weighted by Gasteiger charge is -2.31. The van der Waals surface area contributed by atoms with Gasteiger partial charge in [-0.05, 0) is 40.4 Å². The average Bonchev–Trinajstić information content (AvgIpc) is 3.06. The van der Waals surface area contributed by atoms with E-state index in [0.717, 1.165) is 43.5 Å². The summed E-state index contributed by atoms with van der Waals surface area (Å²) >= 11 is 0. The van der Waals surface area contributed by atoms with Crippen LogP contribution in [0.5, 0.6) is 0 Å². The Balaban J connectivity index is 1.69. The van der Waals surface area contributed by atoms with Crippen LogP contribution in [0.25, 0.3) is 0 Å². The molecular weight excluding hydrogens is 290 g/mol. The summed E-state index contributed by atoms with van der Waals surface area (Å²) in [6, 6.07) is 0. The molecule has 0 amide bonds. The lowest BCUT2D eigenvalue weighted by atomic mass is 9.97. The zero-order valence-electron chi connectivity index (χ0n) is 14.6. The molecule has 1 unspecified atom stereocenters. The van der Waals surface area contributed by atoms with E-state index in [2.05, 4.69) is 62.6 Å². The highest BCUT2D eigenvalue weighted by Crippen LogP contribution is 2.26. The minimum absolute atomic E-state index is 0.455. The summed E-state index contributed by atoms with van der Waals surface area (Å²) in [4.78, 5) is 12.2. The van der Waals surface area contributed by atoms with Crippen molar-refractivity contribution in [3.8, 4) is 0 Å². The number of piperidine rings is 1. The van der Waals surface area contributed by atoms with Gasteiger partial charge >= 0.3 is 0 Å². The molecule has 0 bridgehead atoms. The number of aromatic nitrogens is 5. The molecular formula is C16H27N7. The van der Waals surface area contributed by atoms with E-state index in [1.807, 2.05) is 0 Å². The molecule has 7 heteroatoms. The third-order valence-electron chi connectivity index (χ3n) is 4.63. The van der Waals surface area contributed by atoms with Crippen LogP contribution in [0, 0.1) is 6.92 Å². The Labute approximate surface area is 137 Å². The Bertz CT molecular complexity index is 643. The van der Waals surface area contributed by atoms with Crippen molar-refractivity contribution in [1.82, 2.24) is 34.5 Å². The normalized spacial score (nSPS) is 19.6. The first-order valence-electron chi connectivity index (χ1n) is 8.28. The molecule has 0 saturated carbocycles. The zero-order valence-corrected chi connectivity index (χ0v) is 14.6. The van der Waals surface area contributed by atoms with E-state index in [4.69, 9.17) is 0 Å². The van der Waals surface area contributed by atoms with Gasteiger partial charge in [-0.2, -0.15) is 0 Å². The van der Waals surface area contributed by atoms with E-state index in [1.54, 1.807) is 6.33 Å². The molecule has 2 aromatic heterocycles. The van der Waals surface area contributed by atoms with Gasteiger partial charge in [0.15, 0.2) is 0 Å². The minimum atomic E-state index is 0.455. The fraction of sp³-hybridized carbons (Fsp3) is 0.688. The first-order valence-corrected chi connectivity index (χ1v) is 8.28. The second-order valence-corrected chi connectivity index (χ2v) is 6.82. The molecule has 3 heterocycles. The van der Waals surface area contributed by atoms with E-state index in [9.17, 15) is 0 Å². The number of rotatable bonds is 5. The van der Waals surface area contributed by atoms with E-state index >= 15 is 0 Å². The molecule has 0 aliphatic carbocycles. The van der Waals surface area contributed by atoms with Crippen molar-refractivity contribution in [2.75, 3.05) is 27.2 Å². The number of likely N-dealkylation sites (tertiary alicyclic amines) is 1. The lowest BCUT2D eigenvalue weighted by molar-refractivity contribution is 0.193. The molecule has 0 radical (unpaired) electrons. The molecule has 0 spiro atoms. The third kappa shape index (κ3) is 3.61. The Kier molecular flexibility index (Phi) is 4.77. The standard InChI is InChI=1S/C16H27N7/c1-12-14(18-11-17-12)9-23-7-5-6-13(8-23)16-20-19-15(22(16)4)10-21(2)3/h11,13H,5-10H2,1-4H3,(H,17,18). The van der Waals surface area contributed by atoms with Crippen LogP contribution in [0.2, 0.25) is 0 Å². The Morgan fingerprint density at radius 2 is 2.17 bits per heavy atom. The molecule has 1 aliphatic heterocycles. The van der Waals surface area contributed by atoms with Gasteiger partial charge in [0.1, 0.15) is 11.6 Å². The van der Waals surface area contributed by atoms with E-state index in [-0.39, 0.29) is 0 Å². The van der Waals surface area contributed by atoms with E-state index in [1.165, 1.54) is 18.5 Å². The molecule has 1 aliphatic rings. The van der Waals surface area contributed by atoms with Gasteiger partial charge in [0.2, 0.25) is 0 Å². The van der Waals surface area contributed by atoms with E-state index in [0.29, 0.717) is 5.92 Å². The van der Waals surface area contributed by atoms with Gasteiger partial charge in [0, 0.05) is 31.7 Å². The second kappa shape index (κ2) is 6.80. The van der Waals surface area contributed by atoms with Gasteiger partial charge in [-0.1, -0.05) is 0 Å². The van der Waals surface area contributed by atoms with Gasteiger partial charge in [0.25, 0.3) is 0 Å². The van der Waals surface area contributed by atoms with Crippen LogP contribution in [0.4, 0.5) is 0 Å². The highest BCUT2D eigenvalue weighted by atomic mass is 15.3. The van der Waals surface area contributed by atoms with Gasteiger partial charge < -0.3 is 14.5 Å². The highest BCUT2D eigenvalue weighted by molar-refractivity contribution is 5.09. The molecule has 1 saturated heterocycles. The third-order valence-corrected chi connectivity index (χ3v) is 4.63. The van der Waals surface area contributed by atoms with Crippen LogP contribution in [-0.4, -0.2) is 61.7 Å². The number of H-pyrrole nitrogens is 1. The Morgan fingerprint density at radius 1 is 1.35 bits per heavy atom. The van der Waals surface area contributed by atoms with Gasteiger partial charge in [-0.3, -0.25) is 4.90 Å². The number of imidazole rings is 1. The van der Waals surface area contributed by atoms with Crippen molar-refractivity contribution in [3.05, 3.63) is 29.4 Å². The smallest absolute Gasteiger partial charge is 0.146 e. The average molecular weight is 317 g/mol. The van der Waals surface area contributed by atoms with Gasteiger partial charge in [-0.15, -0.1) is 10.2 Å². The molecule has 3 rings (SSSR count). The van der Waals surface area contributed by atoms with Gasteiger partial charge in [0.05, 0.1) is 18.6 Å². The molecule has 1 atom stereocenters.